The fourth-order valence-electron chi connectivity index (χ4n) is 5.15. The highest BCUT2D eigenvalue weighted by Crippen LogP contribution is 2.40. The maximum Gasteiger partial charge on any atom is 0.250 e. The lowest BCUT2D eigenvalue weighted by Crippen LogP contribution is -2.29. The summed E-state index contributed by atoms with van der Waals surface area (Å²) >= 11 is 6.33. The number of aliphatic hydroxyl groups excluding tert-OH is 1. The number of carbonyl (C=O) groups excluding carboxylic acids is 2. The van der Waals surface area contributed by atoms with Gasteiger partial charge in [-0.25, -0.2) is 0 Å². The molecule has 1 aliphatic carbocycles. The van der Waals surface area contributed by atoms with E-state index < -0.39 is 5.91 Å². The Balaban J connectivity index is 1.65. The van der Waals surface area contributed by atoms with E-state index in [0.717, 1.165) is 66.2 Å². The van der Waals surface area contributed by atoms with Crippen LogP contribution in [0.1, 0.15) is 59.4 Å². The molecule has 32 heavy (non-hydrogen) atoms. The maximum atomic E-state index is 12.8. The van der Waals surface area contributed by atoms with E-state index in [0.29, 0.717) is 22.7 Å². The summed E-state index contributed by atoms with van der Waals surface area (Å²) in [5.41, 5.74) is 10.5. The normalized spacial score (nSPS) is 20.9. The first-order valence-electron chi connectivity index (χ1n) is 11.2. The van der Waals surface area contributed by atoms with Gasteiger partial charge in [-0.2, -0.15) is 0 Å². The van der Waals surface area contributed by atoms with Crippen LogP contribution in [-0.2, 0) is 6.42 Å². The van der Waals surface area contributed by atoms with E-state index in [1.165, 1.54) is 0 Å². The number of nitrogens with one attached hydrogen (secondary N) is 1. The van der Waals surface area contributed by atoms with Crippen molar-refractivity contribution in [2.75, 3.05) is 5.32 Å². The topological polar surface area (TPSA) is 97.4 Å². The van der Waals surface area contributed by atoms with Crippen LogP contribution in [0.5, 0.6) is 0 Å². The van der Waals surface area contributed by atoms with Crippen LogP contribution < -0.4 is 11.1 Å². The molecule has 2 aliphatic rings. The fraction of sp³-hybridized carbons (Fsp3) is 0.360. The Bertz CT molecular complexity index is 1220. The predicted molar refractivity (Wildman–Crippen MR) is 126 cm³/mol. The molecule has 7 heteroatoms. The van der Waals surface area contributed by atoms with Crippen LogP contribution >= 0.6 is 11.6 Å². The van der Waals surface area contributed by atoms with Crippen molar-refractivity contribution in [2.45, 2.75) is 57.1 Å². The molecule has 2 heterocycles. The van der Waals surface area contributed by atoms with E-state index in [1.807, 2.05) is 34.9 Å². The molecule has 2 aromatic carbocycles. The molecule has 0 atom stereocenters. The molecule has 166 valence electrons. The minimum atomic E-state index is -0.489. The Hall–Kier alpha value is -2.83. The first-order chi connectivity index (χ1) is 15.4. The van der Waals surface area contributed by atoms with E-state index in [4.69, 9.17) is 17.3 Å². The minimum absolute atomic E-state index is 0.0951. The molecule has 0 spiro atoms. The molecule has 3 aromatic rings. The smallest absolute Gasteiger partial charge is 0.250 e. The third kappa shape index (κ3) is 3.67. The van der Waals surface area contributed by atoms with Crippen LogP contribution in [-0.4, -0.2) is 33.6 Å². The van der Waals surface area contributed by atoms with Crippen LogP contribution in [0.2, 0.25) is 5.02 Å². The van der Waals surface area contributed by atoms with Gasteiger partial charge >= 0.3 is 0 Å². The molecule has 0 unspecified atom stereocenters. The number of carbonyl (C=O) groups is 2. The monoisotopic (exact) mass is 451 g/mol. The lowest BCUT2D eigenvalue weighted by atomic mass is 9.92. The van der Waals surface area contributed by atoms with Gasteiger partial charge in [-0.3, -0.25) is 14.2 Å². The number of nitrogens with zero attached hydrogens (tertiary/aromatic N) is 1. The van der Waals surface area contributed by atoms with Crippen LogP contribution in [0.15, 0.2) is 36.4 Å². The number of anilines is 1. The molecular weight excluding hydrogens is 426 g/mol. The van der Waals surface area contributed by atoms with Gasteiger partial charge in [0.1, 0.15) is 0 Å². The number of hydrogen-bond acceptors (Lipinski definition) is 4. The highest BCUT2D eigenvalue weighted by molar-refractivity contribution is 6.31. The number of aliphatic hydroxyl groups is 1. The van der Waals surface area contributed by atoms with Crippen LogP contribution in [0.3, 0.4) is 0 Å². The Morgan fingerprint density at radius 3 is 2.62 bits per heavy atom. The lowest BCUT2D eigenvalue weighted by molar-refractivity contribution is 0.0889. The largest absolute Gasteiger partial charge is 0.393 e. The van der Waals surface area contributed by atoms with Gasteiger partial charge in [-0.15, -0.1) is 0 Å². The van der Waals surface area contributed by atoms with E-state index in [9.17, 15) is 14.7 Å². The first kappa shape index (κ1) is 21.0. The van der Waals surface area contributed by atoms with Gasteiger partial charge in [0, 0.05) is 39.8 Å². The molecule has 1 saturated carbocycles. The number of aromatic nitrogens is 1. The van der Waals surface area contributed by atoms with Crippen LogP contribution in [0.4, 0.5) is 5.69 Å². The summed E-state index contributed by atoms with van der Waals surface area (Å²) in [5, 5.41) is 14.9. The van der Waals surface area contributed by atoms with Gasteiger partial charge in [-0.1, -0.05) is 17.7 Å². The third-order valence-electron chi connectivity index (χ3n) is 6.71. The highest BCUT2D eigenvalue weighted by Gasteiger charge is 2.27. The second kappa shape index (κ2) is 8.26. The molecule has 1 aromatic heterocycles. The summed E-state index contributed by atoms with van der Waals surface area (Å²) < 4.78 is 1.82. The third-order valence-corrected chi connectivity index (χ3v) is 6.95. The van der Waals surface area contributed by atoms with Crippen molar-refractivity contribution in [1.82, 2.24) is 4.57 Å². The lowest BCUT2D eigenvalue weighted by Gasteiger charge is -2.28. The number of rotatable bonds is 4. The van der Waals surface area contributed by atoms with Gasteiger partial charge in [0.15, 0.2) is 0 Å². The predicted octanol–water partition coefficient (Wildman–Crippen LogP) is 4.75. The summed E-state index contributed by atoms with van der Waals surface area (Å²) in [4.78, 5) is 24.9. The average Bonchev–Trinajstić information content (AvgIpc) is 3.09. The number of amides is 1. The zero-order valence-corrected chi connectivity index (χ0v) is 18.5. The van der Waals surface area contributed by atoms with E-state index in [1.54, 1.807) is 6.07 Å². The molecule has 0 radical (unpaired) electrons. The van der Waals surface area contributed by atoms with Crippen molar-refractivity contribution < 1.29 is 14.7 Å². The number of halogens is 1. The van der Waals surface area contributed by atoms with Gasteiger partial charge in [0.05, 0.1) is 17.2 Å². The highest BCUT2D eigenvalue weighted by atomic mass is 35.5. The van der Waals surface area contributed by atoms with Crippen molar-refractivity contribution in [1.29, 1.82) is 0 Å². The number of benzene rings is 2. The van der Waals surface area contributed by atoms with E-state index in [2.05, 4.69) is 5.32 Å². The van der Waals surface area contributed by atoms with Crippen LogP contribution in [0.25, 0.3) is 22.0 Å². The number of primary amides is 1. The second-order valence-electron chi connectivity index (χ2n) is 8.84. The van der Waals surface area contributed by atoms with E-state index >= 15 is 0 Å². The van der Waals surface area contributed by atoms with Crippen molar-refractivity contribution in [3.05, 3.63) is 52.7 Å². The Labute approximate surface area is 191 Å². The summed E-state index contributed by atoms with van der Waals surface area (Å²) in [5.74, 6) is -0.394. The number of nitrogens with two attached hydrogens (primary N) is 1. The summed E-state index contributed by atoms with van der Waals surface area (Å²) in [6, 6.07) is 11.4. The molecular formula is C25H26ClN3O3. The second-order valence-corrected chi connectivity index (χ2v) is 9.28. The molecule has 1 fully saturated rings. The fourth-order valence-corrected chi connectivity index (χ4v) is 5.33. The van der Waals surface area contributed by atoms with Crippen molar-refractivity contribution in [2.24, 2.45) is 5.73 Å². The van der Waals surface area contributed by atoms with Crippen LogP contribution in [0, 0.1) is 0 Å². The standard InChI is InChI=1S/C25H26ClN3O3/c26-15-5-11-21-19(13-15)24(22-2-1-3-23(31)29(21)22)14-4-10-18(25(27)32)20(12-14)28-16-6-8-17(30)9-7-16/h4-5,10-13,16-17,28,30H,1-3,6-9H2,(H2,27,32)/t16-,17-. The molecule has 6 nitrogen and oxygen atoms in total. The zero-order chi connectivity index (χ0) is 22.4. The summed E-state index contributed by atoms with van der Waals surface area (Å²) in [7, 11) is 0. The van der Waals surface area contributed by atoms with Gasteiger partial charge < -0.3 is 16.2 Å². The Morgan fingerprint density at radius 1 is 1.09 bits per heavy atom. The molecule has 0 saturated heterocycles. The average molecular weight is 452 g/mol. The maximum absolute atomic E-state index is 12.8. The van der Waals surface area contributed by atoms with E-state index in [-0.39, 0.29) is 18.1 Å². The SMILES string of the molecule is NC(=O)c1ccc(-c2c3n(c4ccc(Cl)cc24)C(=O)CCC3)cc1N[C@H]1CC[C@H](O)CC1. The van der Waals surface area contributed by atoms with Crippen molar-refractivity contribution in [3.63, 3.8) is 0 Å². The zero-order valence-electron chi connectivity index (χ0n) is 17.7. The van der Waals surface area contributed by atoms with Crippen molar-refractivity contribution in [3.8, 4) is 11.1 Å². The van der Waals surface area contributed by atoms with Gasteiger partial charge in [-0.05, 0) is 74.4 Å². The number of hydrogen-bond donors (Lipinski definition) is 3. The molecule has 0 bridgehead atoms. The molecule has 4 N–H and O–H groups in total. The Morgan fingerprint density at radius 2 is 1.88 bits per heavy atom. The molecule has 1 aliphatic heterocycles. The molecule has 1 amide bonds. The minimum Gasteiger partial charge on any atom is -0.393 e. The summed E-state index contributed by atoms with van der Waals surface area (Å²) in [6.45, 7) is 0. The Kier molecular flexibility index (Phi) is 5.43. The number of fused-ring (bicyclic) bond motifs is 3. The van der Waals surface area contributed by atoms with Gasteiger partial charge in [0.25, 0.3) is 5.91 Å². The van der Waals surface area contributed by atoms with Gasteiger partial charge in [0.2, 0.25) is 5.91 Å². The van der Waals surface area contributed by atoms with Crippen molar-refractivity contribution >= 4 is 40.0 Å². The molecule has 5 rings (SSSR count). The summed E-state index contributed by atoms with van der Waals surface area (Å²) in [6.07, 6.45) is 5.02. The first-order valence-corrected chi connectivity index (χ1v) is 11.5. The quantitative estimate of drug-likeness (QED) is 0.533.